The molecule has 0 aliphatic rings. The van der Waals surface area contributed by atoms with Crippen molar-refractivity contribution in [3.05, 3.63) is 52.1 Å². The molecule has 0 saturated heterocycles. The number of alkyl halides is 1. The van der Waals surface area contributed by atoms with Crippen LogP contribution in [0, 0.1) is 26.6 Å². The molecule has 2 rings (SSSR count). The average Bonchev–Trinajstić information content (AvgIpc) is 2.86. The number of carbonyl (C=O) groups is 3. The maximum absolute atomic E-state index is 13.5. The normalized spacial score (nSPS) is 11.3. The number of halogens is 2. The number of nitrogens with zero attached hydrogens (tertiary/aromatic N) is 1. The van der Waals surface area contributed by atoms with Crippen molar-refractivity contribution in [2.24, 2.45) is 0 Å². The second kappa shape index (κ2) is 8.77. The van der Waals surface area contributed by atoms with Crippen molar-refractivity contribution in [1.29, 1.82) is 0 Å². The van der Waals surface area contributed by atoms with Gasteiger partial charge in [0, 0.05) is 16.9 Å². The van der Waals surface area contributed by atoms with E-state index in [2.05, 4.69) is 10.6 Å². The van der Waals surface area contributed by atoms with Crippen LogP contribution >= 0.6 is 0 Å². The van der Waals surface area contributed by atoms with E-state index in [-0.39, 0.29) is 23.4 Å². The van der Waals surface area contributed by atoms with Gasteiger partial charge in [0.2, 0.25) is 0 Å². The van der Waals surface area contributed by atoms with Gasteiger partial charge < -0.3 is 15.2 Å². The summed E-state index contributed by atoms with van der Waals surface area (Å²) in [6.45, 7) is 8.98. The first-order valence-corrected chi connectivity index (χ1v) is 9.57. The number of anilines is 1. The molecule has 0 fully saturated rings. The fourth-order valence-corrected chi connectivity index (χ4v) is 3.31. The summed E-state index contributed by atoms with van der Waals surface area (Å²) >= 11 is 0. The third kappa shape index (κ3) is 4.93. The smallest absolute Gasteiger partial charge is 0.294 e. The first-order valence-electron chi connectivity index (χ1n) is 9.57. The number of rotatable bonds is 6. The van der Waals surface area contributed by atoms with E-state index in [4.69, 9.17) is 0 Å². The van der Waals surface area contributed by atoms with Crippen LogP contribution in [0.15, 0.2) is 18.2 Å². The number of nitrogens with one attached hydrogen (secondary N) is 2. The molecule has 30 heavy (non-hydrogen) atoms. The van der Waals surface area contributed by atoms with Crippen LogP contribution in [-0.4, -0.2) is 34.4 Å². The van der Waals surface area contributed by atoms with E-state index in [1.54, 1.807) is 41.5 Å². The standard InChI is InChI=1S/C22H27F2N3O3/c1-12-11-15(7-8-16(12)24)25-20(29)17-13(2)18(27(10-9-23)14(17)3)19(28)21(30)26-22(4,5)6/h7-8,11H,9-10H2,1-6H3,(H,25,29)(H,26,30). The Hall–Kier alpha value is -3.03. The van der Waals surface area contributed by atoms with E-state index in [9.17, 15) is 23.2 Å². The molecule has 1 heterocycles. The summed E-state index contributed by atoms with van der Waals surface area (Å²) in [7, 11) is 0. The average molecular weight is 419 g/mol. The molecule has 0 bridgehead atoms. The molecule has 162 valence electrons. The minimum atomic E-state index is -0.837. The van der Waals surface area contributed by atoms with Crippen LogP contribution in [0.4, 0.5) is 14.5 Å². The van der Waals surface area contributed by atoms with E-state index in [1.807, 2.05) is 0 Å². The summed E-state index contributed by atoms with van der Waals surface area (Å²) in [4.78, 5) is 38.2. The maximum atomic E-state index is 13.5. The molecule has 2 N–H and O–H groups in total. The second-order valence-electron chi connectivity index (χ2n) is 8.23. The van der Waals surface area contributed by atoms with Gasteiger partial charge in [-0.1, -0.05) is 0 Å². The van der Waals surface area contributed by atoms with Crippen molar-refractivity contribution in [2.75, 3.05) is 12.0 Å². The monoisotopic (exact) mass is 419 g/mol. The molecule has 0 aliphatic carbocycles. The van der Waals surface area contributed by atoms with E-state index < -0.39 is 35.6 Å². The molecule has 8 heteroatoms. The molecule has 0 spiro atoms. The molecule has 0 saturated carbocycles. The van der Waals surface area contributed by atoms with Gasteiger partial charge in [-0.15, -0.1) is 0 Å². The molecule has 1 aromatic heterocycles. The van der Waals surface area contributed by atoms with E-state index in [1.165, 1.54) is 22.8 Å². The van der Waals surface area contributed by atoms with Crippen LogP contribution < -0.4 is 10.6 Å². The summed E-state index contributed by atoms with van der Waals surface area (Å²) in [6, 6.07) is 4.15. The number of Topliss-reactive ketones (excluding diaryl/α,β-unsaturated/α-hetero) is 1. The van der Waals surface area contributed by atoms with Gasteiger partial charge in [-0.25, -0.2) is 8.78 Å². The summed E-state index contributed by atoms with van der Waals surface area (Å²) in [5.41, 5.74) is 0.929. The van der Waals surface area contributed by atoms with Gasteiger partial charge >= 0.3 is 0 Å². The lowest BCUT2D eigenvalue weighted by molar-refractivity contribution is -0.118. The molecule has 0 radical (unpaired) electrons. The lowest BCUT2D eigenvalue weighted by Gasteiger charge is -2.20. The van der Waals surface area contributed by atoms with Crippen LogP contribution in [0.5, 0.6) is 0 Å². The van der Waals surface area contributed by atoms with E-state index >= 15 is 0 Å². The van der Waals surface area contributed by atoms with Gasteiger partial charge in [-0.2, -0.15) is 0 Å². The van der Waals surface area contributed by atoms with Crippen molar-refractivity contribution < 1.29 is 23.2 Å². The minimum absolute atomic E-state index is 0.0210. The number of benzene rings is 1. The minimum Gasteiger partial charge on any atom is -0.345 e. The summed E-state index contributed by atoms with van der Waals surface area (Å²) < 4.78 is 28.0. The van der Waals surface area contributed by atoms with Gasteiger partial charge in [0.1, 0.15) is 12.5 Å². The molecule has 0 aliphatic heterocycles. The molecule has 2 amide bonds. The SMILES string of the molecule is Cc1cc(NC(=O)c2c(C)c(C(=O)C(=O)NC(C)(C)C)n(CCF)c2C)ccc1F. The molecular formula is C22H27F2N3O3. The molecule has 0 atom stereocenters. The highest BCUT2D eigenvalue weighted by Crippen LogP contribution is 2.25. The maximum Gasteiger partial charge on any atom is 0.294 e. The summed E-state index contributed by atoms with van der Waals surface area (Å²) in [5.74, 6) is -2.59. The van der Waals surface area contributed by atoms with Crippen molar-refractivity contribution in [3.8, 4) is 0 Å². The van der Waals surface area contributed by atoms with Gasteiger partial charge in [0.05, 0.1) is 17.8 Å². The Morgan fingerprint density at radius 2 is 1.73 bits per heavy atom. The van der Waals surface area contributed by atoms with Crippen LogP contribution in [-0.2, 0) is 11.3 Å². The first kappa shape index (κ1) is 23.3. The highest BCUT2D eigenvalue weighted by molar-refractivity contribution is 6.43. The quantitative estimate of drug-likeness (QED) is 0.551. The van der Waals surface area contributed by atoms with Crippen LogP contribution in [0.2, 0.25) is 0 Å². The fourth-order valence-electron chi connectivity index (χ4n) is 3.31. The first-order chi connectivity index (χ1) is 13.9. The van der Waals surface area contributed by atoms with Gasteiger partial charge in [0.25, 0.3) is 17.6 Å². The lowest BCUT2D eigenvalue weighted by atomic mass is 10.1. The number of aryl methyl sites for hydroxylation is 1. The zero-order chi connectivity index (χ0) is 22.8. The number of carbonyl (C=O) groups excluding carboxylic acids is 3. The Labute approximate surface area is 174 Å². The number of hydrogen-bond acceptors (Lipinski definition) is 3. The van der Waals surface area contributed by atoms with Gasteiger partial charge in [-0.3, -0.25) is 14.4 Å². The summed E-state index contributed by atoms with van der Waals surface area (Å²) in [5, 5.41) is 5.26. The molecule has 2 aromatic rings. The third-order valence-electron chi connectivity index (χ3n) is 4.63. The van der Waals surface area contributed by atoms with Crippen molar-refractivity contribution >= 4 is 23.3 Å². The number of amides is 2. The molecule has 0 unspecified atom stereocenters. The number of aromatic nitrogens is 1. The van der Waals surface area contributed by atoms with Crippen LogP contribution in [0.25, 0.3) is 0 Å². The Bertz CT molecular complexity index is 1000. The number of ketones is 1. The Kier molecular flexibility index (Phi) is 6.80. The third-order valence-corrected chi connectivity index (χ3v) is 4.63. The largest absolute Gasteiger partial charge is 0.345 e. The molecule has 6 nitrogen and oxygen atoms in total. The summed E-state index contributed by atoms with van der Waals surface area (Å²) in [6.07, 6.45) is 0. The van der Waals surface area contributed by atoms with E-state index in [0.29, 0.717) is 16.9 Å². The lowest BCUT2D eigenvalue weighted by Crippen LogP contribution is -2.44. The van der Waals surface area contributed by atoms with Crippen molar-refractivity contribution in [2.45, 2.75) is 53.6 Å². The Morgan fingerprint density at radius 1 is 1.10 bits per heavy atom. The zero-order valence-corrected chi connectivity index (χ0v) is 18.1. The molecular weight excluding hydrogens is 392 g/mol. The Morgan fingerprint density at radius 3 is 2.27 bits per heavy atom. The predicted molar refractivity (Wildman–Crippen MR) is 111 cm³/mol. The number of hydrogen-bond donors (Lipinski definition) is 2. The van der Waals surface area contributed by atoms with Crippen LogP contribution in [0.3, 0.4) is 0 Å². The topological polar surface area (TPSA) is 80.2 Å². The second-order valence-corrected chi connectivity index (χ2v) is 8.23. The zero-order valence-electron chi connectivity index (χ0n) is 18.1. The van der Waals surface area contributed by atoms with Crippen LogP contribution in [0.1, 0.15) is 58.4 Å². The van der Waals surface area contributed by atoms with Gasteiger partial charge in [0.15, 0.2) is 0 Å². The predicted octanol–water partition coefficient (Wildman–Crippen LogP) is 3.87. The fraction of sp³-hybridized carbons (Fsp3) is 0.409. The van der Waals surface area contributed by atoms with Crippen molar-refractivity contribution in [1.82, 2.24) is 9.88 Å². The van der Waals surface area contributed by atoms with Gasteiger partial charge in [-0.05, 0) is 70.9 Å². The highest BCUT2D eigenvalue weighted by atomic mass is 19.1. The Balaban J connectivity index is 2.47. The van der Waals surface area contributed by atoms with E-state index in [0.717, 1.165) is 0 Å². The van der Waals surface area contributed by atoms with Crippen molar-refractivity contribution in [3.63, 3.8) is 0 Å². The molecule has 1 aromatic carbocycles. The highest BCUT2D eigenvalue weighted by Gasteiger charge is 2.31.